The molecule has 9 heavy (non-hydrogen) atoms. The number of aromatic nitrogens is 1. The molecule has 6 heteroatoms. The predicted molar refractivity (Wildman–Crippen MR) is 25.3 cm³/mol. The van der Waals surface area contributed by atoms with Crippen LogP contribution in [0.1, 0.15) is 0 Å². The zero-order valence-electron chi connectivity index (χ0n) is 4.25. The maximum atomic E-state index is 10.1. The van der Waals surface area contributed by atoms with Crippen LogP contribution in [0.5, 0.6) is 0 Å². The molecule has 3 N–H and O–H groups in total. The van der Waals surface area contributed by atoms with Gasteiger partial charge >= 0.3 is 17.5 Å². The van der Waals surface area contributed by atoms with Gasteiger partial charge in [0.1, 0.15) is 0 Å². The molecule has 1 rings (SSSR count). The number of nitrogens with one attached hydrogen (secondary N) is 1. The Balaban J connectivity index is 3.52. The fourth-order valence-electron chi connectivity index (χ4n) is 0.331. The maximum Gasteiger partial charge on any atom is 0.524 e. The fourth-order valence-corrected chi connectivity index (χ4v) is 0.331. The molecular weight excluding hydrogens is 126 g/mol. The van der Waals surface area contributed by atoms with E-state index < -0.39 is 11.5 Å². The van der Waals surface area contributed by atoms with Gasteiger partial charge in [0.2, 0.25) is 0 Å². The molecule has 48 valence electrons. The molecule has 0 bridgehead atoms. The van der Waals surface area contributed by atoms with Crippen molar-refractivity contribution in [2.75, 3.05) is 5.73 Å². The van der Waals surface area contributed by atoms with Crippen LogP contribution in [0.4, 0.5) is 6.01 Å². The highest BCUT2D eigenvalue weighted by Gasteiger charge is 1.91. The van der Waals surface area contributed by atoms with E-state index in [4.69, 9.17) is 11.1 Å². The lowest BCUT2D eigenvalue weighted by atomic mass is 11.1. The van der Waals surface area contributed by atoms with E-state index in [0.29, 0.717) is 0 Å². The van der Waals surface area contributed by atoms with Crippen LogP contribution < -0.4 is 17.2 Å². The molecule has 0 atom stereocenters. The Morgan fingerprint density at radius 2 is 2.22 bits per heavy atom. The summed E-state index contributed by atoms with van der Waals surface area (Å²) in [6, 6.07) is -0.365. The molecule has 1 aromatic heterocycles. The molecule has 0 aliphatic rings. The number of nitrogen functional groups attached to an aromatic ring is 1. The van der Waals surface area contributed by atoms with Crippen LogP contribution in [-0.2, 0) is 0 Å². The second-order valence-corrected chi connectivity index (χ2v) is 1.21. The van der Waals surface area contributed by atoms with Gasteiger partial charge in [0.15, 0.2) is 0 Å². The standard InChI is InChI=1S/C3H3N3O3/c4-1-6-2(5)9-3(7)8-1/h(H3,4,5,6). The van der Waals surface area contributed by atoms with E-state index in [1.54, 1.807) is 0 Å². The molecule has 0 aliphatic heterocycles. The maximum absolute atomic E-state index is 10.1. The molecule has 0 saturated carbocycles. The van der Waals surface area contributed by atoms with Crippen molar-refractivity contribution >= 4 is 6.01 Å². The van der Waals surface area contributed by atoms with Crippen LogP contribution in [-0.4, -0.2) is 4.98 Å². The third-order valence-corrected chi connectivity index (χ3v) is 0.580. The molecule has 1 heterocycles. The average molecular weight is 129 g/mol. The van der Waals surface area contributed by atoms with Gasteiger partial charge in [0.25, 0.3) is 0 Å². The van der Waals surface area contributed by atoms with E-state index in [2.05, 4.69) is 13.8 Å². The van der Waals surface area contributed by atoms with Crippen molar-refractivity contribution in [3.8, 4) is 0 Å². The molecule has 0 fully saturated rings. The van der Waals surface area contributed by atoms with Crippen LogP contribution in [0.25, 0.3) is 0 Å². The first-order valence-corrected chi connectivity index (χ1v) is 2.01. The lowest BCUT2D eigenvalue weighted by molar-refractivity contribution is 0.278. The van der Waals surface area contributed by atoms with Gasteiger partial charge in [-0.15, -0.1) is 4.98 Å². The summed E-state index contributed by atoms with van der Waals surface area (Å²) >= 11 is 0. The highest BCUT2D eigenvalue weighted by Crippen LogP contribution is 1.79. The third-order valence-electron chi connectivity index (χ3n) is 0.580. The van der Waals surface area contributed by atoms with E-state index in [-0.39, 0.29) is 6.01 Å². The van der Waals surface area contributed by atoms with Crippen LogP contribution in [0.15, 0.2) is 13.6 Å². The second-order valence-electron chi connectivity index (χ2n) is 1.21. The van der Waals surface area contributed by atoms with E-state index in [1.807, 2.05) is 0 Å². The van der Waals surface area contributed by atoms with Gasteiger partial charge in [-0.2, -0.15) is 0 Å². The van der Waals surface area contributed by atoms with Crippen LogP contribution in [0, 0.1) is 5.41 Å². The molecule has 0 radical (unpaired) electrons. The highest BCUT2D eigenvalue weighted by molar-refractivity contribution is 5.01. The molecule has 6 nitrogen and oxygen atoms in total. The van der Waals surface area contributed by atoms with Gasteiger partial charge in [-0.3, -0.25) is 0 Å². The van der Waals surface area contributed by atoms with Crippen molar-refractivity contribution in [1.29, 1.82) is 5.41 Å². The first-order chi connectivity index (χ1) is 4.18. The lowest BCUT2D eigenvalue weighted by Gasteiger charge is -1.82. The summed E-state index contributed by atoms with van der Waals surface area (Å²) in [5.74, 6) is -1.02. The van der Waals surface area contributed by atoms with Gasteiger partial charge in [0, 0.05) is 0 Å². The number of anilines is 1. The summed E-state index contributed by atoms with van der Waals surface area (Å²) in [6.07, 6.45) is 0. The van der Waals surface area contributed by atoms with Crippen LogP contribution >= 0.6 is 0 Å². The predicted octanol–water partition coefficient (Wildman–Crippen LogP) is -1.31. The summed E-state index contributed by atoms with van der Waals surface area (Å²) in [7, 11) is 0. The smallest absolute Gasteiger partial charge is 0.360 e. The summed E-state index contributed by atoms with van der Waals surface area (Å²) in [5, 5.41) is 6.66. The monoisotopic (exact) mass is 129 g/mol. The van der Waals surface area contributed by atoms with Crippen LogP contribution in [0.2, 0.25) is 0 Å². The Hall–Kier alpha value is -1.59. The Bertz CT molecular complexity index is 282. The zero-order valence-corrected chi connectivity index (χ0v) is 4.25. The minimum atomic E-state index is -1.02. The number of nitrogens with two attached hydrogens (primary N) is 1. The number of rotatable bonds is 0. The molecule has 0 amide bonds. The molecule has 0 unspecified atom stereocenters. The number of hydrogen-bond acceptors (Lipinski definition) is 6. The van der Waals surface area contributed by atoms with Crippen molar-refractivity contribution in [2.24, 2.45) is 0 Å². The van der Waals surface area contributed by atoms with E-state index in [0.717, 1.165) is 0 Å². The van der Waals surface area contributed by atoms with E-state index >= 15 is 0 Å². The van der Waals surface area contributed by atoms with Crippen molar-refractivity contribution in [1.82, 2.24) is 4.98 Å². The second kappa shape index (κ2) is 1.73. The van der Waals surface area contributed by atoms with Gasteiger partial charge in [-0.25, -0.2) is 10.2 Å². The van der Waals surface area contributed by atoms with Crippen molar-refractivity contribution in [2.45, 2.75) is 0 Å². The highest BCUT2D eigenvalue weighted by atomic mass is 16.5. The average Bonchev–Trinajstić information content (AvgIpc) is 1.59. The third kappa shape index (κ3) is 1.15. The van der Waals surface area contributed by atoms with Gasteiger partial charge in [-0.1, -0.05) is 0 Å². The lowest BCUT2D eigenvalue weighted by Crippen LogP contribution is -2.15. The first-order valence-electron chi connectivity index (χ1n) is 2.01. The largest absolute Gasteiger partial charge is 0.524 e. The first kappa shape index (κ1) is 5.54. The molecule has 0 saturated heterocycles. The summed E-state index contributed by atoms with van der Waals surface area (Å²) in [5.41, 5.74) is 4.35. The minimum Gasteiger partial charge on any atom is -0.360 e. The number of nitrogens with zero attached hydrogens (tertiary/aromatic N) is 1. The fraction of sp³-hybridized carbons (Fsp3) is 0. The zero-order chi connectivity index (χ0) is 6.85. The molecule has 1 aromatic rings. The van der Waals surface area contributed by atoms with E-state index in [9.17, 15) is 4.79 Å². The molecule has 0 aliphatic carbocycles. The minimum absolute atomic E-state index is 0.365. The van der Waals surface area contributed by atoms with Crippen molar-refractivity contribution in [3.63, 3.8) is 0 Å². The van der Waals surface area contributed by atoms with E-state index in [1.165, 1.54) is 0 Å². The number of hydrogen-bond donors (Lipinski definition) is 2. The quantitative estimate of drug-likeness (QED) is 0.452. The summed E-state index contributed by atoms with van der Waals surface area (Å²) in [6.45, 7) is 0. The van der Waals surface area contributed by atoms with Gasteiger partial charge < -0.3 is 14.6 Å². The summed E-state index contributed by atoms with van der Waals surface area (Å²) < 4.78 is 8.09. The van der Waals surface area contributed by atoms with Crippen molar-refractivity contribution in [3.05, 3.63) is 16.3 Å². The van der Waals surface area contributed by atoms with Gasteiger partial charge in [-0.05, 0) is 0 Å². The Labute approximate surface area is 48.4 Å². The molecule has 0 spiro atoms. The Kier molecular flexibility index (Phi) is 1.07. The topological polar surface area (TPSA) is 106 Å². The summed E-state index contributed by atoms with van der Waals surface area (Å²) in [4.78, 5) is 13.3. The van der Waals surface area contributed by atoms with Crippen LogP contribution in [0.3, 0.4) is 0 Å². The normalized spacial score (nSPS) is 9.33. The van der Waals surface area contributed by atoms with Gasteiger partial charge in [0.05, 0.1) is 0 Å². The molecule has 0 aromatic carbocycles. The van der Waals surface area contributed by atoms with Crippen molar-refractivity contribution < 1.29 is 8.83 Å². The molecular formula is C3H3N3O3. The Morgan fingerprint density at radius 3 is 2.67 bits per heavy atom. The Morgan fingerprint density at radius 1 is 1.56 bits per heavy atom. The SMILES string of the molecule is N=c1nc(N)oc(=O)o1.